The van der Waals surface area contributed by atoms with Crippen molar-refractivity contribution in [2.45, 2.75) is 30.8 Å². The zero-order valence-corrected chi connectivity index (χ0v) is 22.3. The highest BCUT2D eigenvalue weighted by Crippen LogP contribution is 2.47. The number of aromatic nitrogens is 5. The number of rotatable bonds is 5. The summed E-state index contributed by atoms with van der Waals surface area (Å²) in [5.74, 6) is -1.15. The number of halogens is 4. The molecule has 1 saturated heterocycles. The number of fused-ring (bicyclic) bond motifs is 2. The number of aromatic amines is 1. The third-order valence-corrected chi connectivity index (χ3v) is 9.57. The molecule has 2 aliphatic rings. The van der Waals surface area contributed by atoms with Gasteiger partial charge in [0.1, 0.15) is 16.4 Å². The van der Waals surface area contributed by atoms with Gasteiger partial charge in [-0.2, -0.15) is 27.7 Å². The van der Waals surface area contributed by atoms with E-state index in [1.54, 1.807) is 29.8 Å². The average molecular weight is 587 g/mol. The van der Waals surface area contributed by atoms with Gasteiger partial charge >= 0.3 is 6.18 Å². The van der Waals surface area contributed by atoms with Crippen LogP contribution in [-0.4, -0.2) is 56.6 Å². The van der Waals surface area contributed by atoms with Crippen LogP contribution in [0.2, 0.25) is 0 Å². The number of Topliss-reactive ketones (excluding diaryl/α,β-unsaturated/α-hetero) is 1. The van der Waals surface area contributed by atoms with Crippen molar-refractivity contribution < 1.29 is 30.8 Å². The summed E-state index contributed by atoms with van der Waals surface area (Å²) in [5, 5.41) is 10.8. The number of H-pyrrole nitrogens is 1. The lowest BCUT2D eigenvalue weighted by Gasteiger charge is -2.44. The van der Waals surface area contributed by atoms with Crippen molar-refractivity contribution in [3.05, 3.63) is 94.6 Å². The maximum atomic E-state index is 14.2. The first-order chi connectivity index (χ1) is 19.4. The summed E-state index contributed by atoms with van der Waals surface area (Å²) in [6.07, 6.45) is 0.762. The average Bonchev–Trinajstić information content (AvgIpc) is 3.57. The number of piperidine rings is 1. The van der Waals surface area contributed by atoms with Crippen LogP contribution in [0.1, 0.15) is 39.4 Å². The predicted molar refractivity (Wildman–Crippen MR) is 138 cm³/mol. The summed E-state index contributed by atoms with van der Waals surface area (Å²) >= 11 is 0. The van der Waals surface area contributed by atoms with E-state index in [2.05, 4.69) is 20.3 Å². The second-order valence-electron chi connectivity index (χ2n) is 10.1. The lowest BCUT2D eigenvalue weighted by atomic mass is 9.65. The third kappa shape index (κ3) is 4.47. The van der Waals surface area contributed by atoms with Crippen LogP contribution in [0, 0.1) is 18.2 Å². The topological polar surface area (TPSA) is 114 Å². The molecule has 0 bridgehead atoms. The van der Waals surface area contributed by atoms with E-state index in [4.69, 9.17) is 0 Å². The van der Waals surface area contributed by atoms with E-state index in [-0.39, 0.29) is 30.8 Å². The van der Waals surface area contributed by atoms with Crippen molar-refractivity contribution in [2.75, 3.05) is 13.1 Å². The van der Waals surface area contributed by atoms with Gasteiger partial charge in [-0.25, -0.2) is 17.5 Å². The first-order valence-corrected chi connectivity index (χ1v) is 14.0. The zero-order valence-electron chi connectivity index (χ0n) is 21.5. The molecule has 3 aromatic heterocycles. The monoisotopic (exact) mass is 586 g/mol. The van der Waals surface area contributed by atoms with E-state index in [9.17, 15) is 30.8 Å². The quantitative estimate of drug-likeness (QED) is 0.275. The number of ketones is 1. The molecule has 1 atom stereocenters. The first-order valence-electron chi connectivity index (χ1n) is 12.5. The Morgan fingerprint density at radius 1 is 1.12 bits per heavy atom. The van der Waals surface area contributed by atoms with Gasteiger partial charge in [-0.3, -0.25) is 14.9 Å². The number of carbonyl (C=O) groups is 1. The summed E-state index contributed by atoms with van der Waals surface area (Å²) in [5.41, 5.74) is -0.355. The van der Waals surface area contributed by atoms with Crippen LogP contribution in [0.15, 0.2) is 65.5 Å². The van der Waals surface area contributed by atoms with Crippen LogP contribution in [-0.2, 0) is 22.6 Å². The number of nitrogens with zero attached hydrogens (tertiary/aromatic N) is 5. The minimum absolute atomic E-state index is 0.0253. The Morgan fingerprint density at radius 2 is 1.88 bits per heavy atom. The number of alkyl halides is 3. The van der Waals surface area contributed by atoms with Crippen LogP contribution < -0.4 is 0 Å². The summed E-state index contributed by atoms with van der Waals surface area (Å²) in [7, 11) is -4.10. The van der Waals surface area contributed by atoms with E-state index in [0.29, 0.717) is 34.3 Å². The molecule has 0 saturated carbocycles. The van der Waals surface area contributed by atoms with E-state index in [1.165, 1.54) is 28.8 Å². The summed E-state index contributed by atoms with van der Waals surface area (Å²) in [6, 6.07) is 7.13. The Morgan fingerprint density at radius 3 is 2.56 bits per heavy atom. The number of pyridine rings is 1. The highest BCUT2D eigenvalue weighted by Gasteiger charge is 2.52. The molecule has 4 aromatic rings. The van der Waals surface area contributed by atoms with Crippen molar-refractivity contribution >= 4 is 21.9 Å². The molecule has 1 unspecified atom stereocenters. The van der Waals surface area contributed by atoms with Gasteiger partial charge in [0.25, 0.3) is 0 Å². The van der Waals surface area contributed by atoms with Crippen molar-refractivity contribution in [3.63, 3.8) is 0 Å². The molecule has 14 heteroatoms. The fourth-order valence-electron chi connectivity index (χ4n) is 5.52. The van der Waals surface area contributed by atoms with E-state index in [0.717, 1.165) is 12.3 Å². The fraction of sp³-hybridized carbons (Fsp3) is 0.259. The fourth-order valence-corrected chi connectivity index (χ4v) is 7.14. The molecule has 212 valence electrons. The Labute approximate surface area is 231 Å². The van der Waals surface area contributed by atoms with Crippen LogP contribution in [0.25, 0.3) is 11.8 Å². The third-order valence-electron chi connectivity index (χ3n) is 7.61. The van der Waals surface area contributed by atoms with E-state index in [1.807, 2.05) is 0 Å². The van der Waals surface area contributed by atoms with Crippen LogP contribution in [0.5, 0.6) is 0 Å². The summed E-state index contributed by atoms with van der Waals surface area (Å²) in [4.78, 5) is 18.1. The Bertz CT molecular complexity index is 1810. The minimum Gasteiger partial charge on any atom is -0.291 e. The summed E-state index contributed by atoms with van der Waals surface area (Å²) in [6.45, 7) is 1.27. The van der Waals surface area contributed by atoms with E-state index < -0.39 is 44.5 Å². The number of benzene rings is 1. The number of carbonyl (C=O) groups excluding carboxylic acids is 1. The number of hydrogen-bond acceptors (Lipinski definition) is 6. The first kappa shape index (κ1) is 27.0. The number of nitrogens with one attached hydrogen (secondary N) is 1. The molecule has 41 heavy (non-hydrogen) atoms. The van der Waals surface area contributed by atoms with Gasteiger partial charge in [0.2, 0.25) is 10.0 Å². The SMILES string of the molecule is Cc1[nH]ncc1S(=O)(=O)N1CCC2=Cc3c(cnn3-c3ccc(F)cc3)CC2(C(=O)c2cc(C(F)(F)F)ccn2)C1. The zero-order chi connectivity index (χ0) is 29.2. The van der Waals surface area contributed by atoms with Gasteiger partial charge in [0.15, 0.2) is 5.78 Å². The minimum atomic E-state index is -4.70. The molecule has 1 N–H and O–H groups in total. The molecule has 4 heterocycles. The van der Waals surface area contributed by atoms with Crippen molar-refractivity contribution in [1.29, 1.82) is 0 Å². The lowest BCUT2D eigenvalue weighted by Crippen LogP contribution is -2.53. The Hall–Kier alpha value is -4.17. The number of sulfonamides is 1. The van der Waals surface area contributed by atoms with Crippen LogP contribution in [0.4, 0.5) is 17.6 Å². The maximum Gasteiger partial charge on any atom is 0.416 e. The summed E-state index contributed by atoms with van der Waals surface area (Å²) < 4.78 is 84.1. The molecular weight excluding hydrogens is 564 g/mol. The Kier molecular flexibility index (Phi) is 6.23. The highest BCUT2D eigenvalue weighted by molar-refractivity contribution is 7.89. The van der Waals surface area contributed by atoms with Crippen LogP contribution in [0.3, 0.4) is 0 Å². The predicted octanol–water partition coefficient (Wildman–Crippen LogP) is 4.36. The van der Waals surface area contributed by atoms with Crippen molar-refractivity contribution in [2.24, 2.45) is 5.41 Å². The van der Waals surface area contributed by atoms with Crippen LogP contribution >= 0.6 is 0 Å². The highest BCUT2D eigenvalue weighted by atomic mass is 32.2. The molecule has 1 fully saturated rings. The number of hydrogen-bond donors (Lipinski definition) is 1. The molecule has 0 radical (unpaired) electrons. The lowest BCUT2D eigenvalue weighted by molar-refractivity contribution is -0.137. The standard InChI is InChI=1S/C27H22F4N6O3S/c1-16-24(14-33-35-16)41(39,40)36-9-7-18-11-23-17(13-34-37(23)21-4-2-20(28)3-5-21)12-26(18,15-36)25(38)22-10-19(6-8-32-22)27(29,30)31/h2-6,8,10-11,13-14H,7,9,12,15H2,1H3,(H,33,35). The molecule has 1 aliphatic carbocycles. The van der Waals surface area contributed by atoms with Crippen molar-refractivity contribution in [3.8, 4) is 5.69 Å². The Balaban J connectivity index is 1.48. The largest absolute Gasteiger partial charge is 0.416 e. The van der Waals surface area contributed by atoms with Gasteiger partial charge in [0.05, 0.1) is 40.4 Å². The van der Waals surface area contributed by atoms with Gasteiger partial charge in [-0.05, 0) is 67.8 Å². The molecular formula is C27H22F4N6O3S. The van der Waals surface area contributed by atoms with Gasteiger partial charge < -0.3 is 0 Å². The molecule has 9 nitrogen and oxygen atoms in total. The van der Waals surface area contributed by atoms with E-state index >= 15 is 0 Å². The molecule has 1 aromatic carbocycles. The molecule has 0 spiro atoms. The van der Waals surface area contributed by atoms with Crippen molar-refractivity contribution in [1.82, 2.24) is 29.3 Å². The second kappa shape index (κ2) is 9.45. The normalized spacial score (nSPS) is 19.4. The maximum absolute atomic E-state index is 14.2. The number of aryl methyl sites for hydroxylation is 1. The molecule has 1 aliphatic heterocycles. The van der Waals surface area contributed by atoms with Gasteiger partial charge in [0, 0.05) is 19.3 Å². The van der Waals surface area contributed by atoms with Gasteiger partial charge in [-0.15, -0.1) is 0 Å². The smallest absolute Gasteiger partial charge is 0.291 e. The second-order valence-corrected chi connectivity index (χ2v) is 12.0. The molecule has 0 amide bonds. The molecule has 6 rings (SSSR count). The van der Waals surface area contributed by atoms with Gasteiger partial charge in [-0.1, -0.05) is 5.57 Å².